The number of amides is 2. The van der Waals surface area contributed by atoms with Gasteiger partial charge >= 0.3 is 0 Å². The van der Waals surface area contributed by atoms with Crippen LogP contribution in [0.5, 0.6) is 0 Å². The smallest absolute Gasteiger partial charge is 0.248 e. The Kier molecular flexibility index (Phi) is 2.79. The standard InChI is InChI=1S/C11H14N4O2/c1-11(2)10(17)15(7-9(16)13-11)6-8-4-3-5-12-14-8/h3-5H,6-7H2,1-2H3,(H,13,16). The maximum absolute atomic E-state index is 12.1. The molecule has 0 atom stereocenters. The lowest BCUT2D eigenvalue weighted by Crippen LogP contribution is -2.63. The maximum Gasteiger partial charge on any atom is 0.248 e. The highest BCUT2D eigenvalue weighted by molar-refractivity contribution is 5.97. The summed E-state index contributed by atoms with van der Waals surface area (Å²) < 4.78 is 0. The molecule has 1 fully saturated rings. The molecule has 0 unspecified atom stereocenters. The largest absolute Gasteiger partial charge is 0.341 e. The Bertz CT molecular complexity index is 444. The fourth-order valence-corrected chi connectivity index (χ4v) is 1.82. The molecule has 0 aliphatic carbocycles. The van der Waals surface area contributed by atoms with E-state index in [-0.39, 0.29) is 18.4 Å². The molecule has 2 rings (SSSR count). The number of piperazine rings is 1. The van der Waals surface area contributed by atoms with Crippen molar-refractivity contribution >= 4 is 11.8 Å². The highest BCUT2D eigenvalue weighted by atomic mass is 16.2. The van der Waals surface area contributed by atoms with Crippen molar-refractivity contribution in [3.05, 3.63) is 24.0 Å². The molecule has 1 saturated heterocycles. The van der Waals surface area contributed by atoms with Crippen LogP contribution in [-0.4, -0.2) is 39.0 Å². The molecular weight excluding hydrogens is 220 g/mol. The second-order valence-electron chi connectivity index (χ2n) is 4.55. The third-order valence-corrected chi connectivity index (χ3v) is 2.59. The summed E-state index contributed by atoms with van der Waals surface area (Å²) in [6.45, 7) is 3.76. The fraction of sp³-hybridized carbons (Fsp3) is 0.455. The molecule has 0 bridgehead atoms. The Hall–Kier alpha value is -1.98. The van der Waals surface area contributed by atoms with E-state index < -0.39 is 5.54 Å². The normalized spacial score (nSPS) is 19.1. The second-order valence-corrected chi connectivity index (χ2v) is 4.55. The Morgan fingerprint density at radius 3 is 2.88 bits per heavy atom. The van der Waals surface area contributed by atoms with Crippen LogP contribution in [0.2, 0.25) is 0 Å². The average molecular weight is 234 g/mol. The Balaban J connectivity index is 2.15. The van der Waals surface area contributed by atoms with Gasteiger partial charge in [-0.25, -0.2) is 0 Å². The fourth-order valence-electron chi connectivity index (χ4n) is 1.82. The number of rotatable bonds is 2. The second kappa shape index (κ2) is 4.12. The molecular formula is C11H14N4O2. The molecule has 0 aromatic carbocycles. The van der Waals surface area contributed by atoms with E-state index in [0.29, 0.717) is 12.2 Å². The summed E-state index contributed by atoms with van der Waals surface area (Å²) in [5, 5.41) is 10.3. The van der Waals surface area contributed by atoms with Crippen LogP contribution in [-0.2, 0) is 16.1 Å². The monoisotopic (exact) mass is 234 g/mol. The lowest BCUT2D eigenvalue weighted by molar-refractivity contribution is -0.149. The molecule has 90 valence electrons. The van der Waals surface area contributed by atoms with E-state index in [1.54, 1.807) is 32.2 Å². The van der Waals surface area contributed by atoms with Gasteiger partial charge in [0, 0.05) is 6.20 Å². The molecule has 6 nitrogen and oxygen atoms in total. The minimum absolute atomic E-state index is 0.0683. The van der Waals surface area contributed by atoms with Crippen LogP contribution in [0.3, 0.4) is 0 Å². The highest BCUT2D eigenvalue weighted by Gasteiger charge is 2.38. The molecule has 1 aromatic rings. The van der Waals surface area contributed by atoms with Crippen molar-refractivity contribution in [2.45, 2.75) is 25.9 Å². The lowest BCUT2D eigenvalue weighted by Gasteiger charge is -2.37. The van der Waals surface area contributed by atoms with E-state index >= 15 is 0 Å². The van der Waals surface area contributed by atoms with Crippen molar-refractivity contribution in [3.8, 4) is 0 Å². The Labute approximate surface area is 99.0 Å². The van der Waals surface area contributed by atoms with Crippen LogP contribution in [0, 0.1) is 0 Å². The SMILES string of the molecule is CC1(C)NC(=O)CN(Cc2cccnn2)C1=O. The topological polar surface area (TPSA) is 75.2 Å². The molecule has 1 aliphatic rings. The molecule has 2 amide bonds. The van der Waals surface area contributed by atoms with Crippen LogP contribution >= 0.6 is 0 Å². The molecule has 17 heavy (non-hydrogen) atoms. The summed E-state index contributed by atoms with van der Waals surface area (Å²) in [7, 11) is 0. The van der Waals surface area contributed by atoms with E-state index in [4.69, 9.17) is 0 Å². The first kappa shape index (κ1) is 11.5. The van der Waals surface area contributed by atoms with Gasteiger partial charge in [-0.1, -0.05) is 0 Å². The van der Waals surface area contributed by atoms with Crippen LogP contribution in [0.4, 0.5) is 0 Å². The molecule has 0 saturated carbocycles. The van der Waals surface area contributed by atoms with Crippen LogP contribution in [0.1, 0.15) is 19.5 Å². The van der Waals surface area contributed by atoms with Crippen molar-refractivity contribution in [3.63, 3.8) is 0 Å². The average Bonchev–Trinajstić information content (AvgIpc) is 2.26. The van der Waals surface area contributed by atoms with Gasteiger partial charge in [0.2, 0.25) is 11.8 Å². The number of hydrogen-bond acceptors (Lipinski definition) is 4. The summed E-state index contributed by atoms with van der Waals surface area (Å²) in [5.74, 6) is -0.263. The van der Waals surface area contributed by atoms with Crippen molar-refractivity contribution in [1.82, 2.24) is 20.4 Å². The zero-order chi connectivity index (χ0) is 12.5. The summed E-state index contributed by atoms with van der Waals surface area (Å²) in [6, 6.07) is 3.53. The van der Waals surface area contributed by atoms with Crippen molar-refractivity contribution in [2.75, 3.05) is 6.54 Å². The first-order chi connectivity index (χ1) is 7.99. The van der Waals surface area contributed by atoms with Gasteiger partial charge in [-0.15, -0.1) is 0 Å². The number of nitrogens with zero attached hydrogens (tertiary/aromatic N) is 3. The lowest BCUT2D eigenvalue weighted by atomic mass is 10.0. The Morgan fingerprint density at radius 2 is 2.24 bits per heavy atom. The maximum atomic E-state index is 12.1. The first-order valence-electron chi connectivity index (χ1n) is 5.36. The van der Waals surface area contributed by atoms with E-state index in [1.165, 1.54) is 4.90 Å². The van der Waals surface area contributed by atoms with Crippen molar-refractivity contribution in [1.29, 1.82) is 0 Å². The molecule has 6 heteroatoms. The van der Waals surface area contributed by atoms with Gasteiger partial charge in [-0.2, -0.15) is 10.2 Å². The number of nitrogens with one attached hydrogen (secondary N) is 1. The van der Waals surface area contributed by atoms with Gasteiger partial charge in [0.15, 0.2) is 0 Å². The Morgan fingerprint density at radius 1 is 1.47 bits per heavy atom. The number of carbonyl (C=O) groups excluding carboxylic acids is 2. The van der Waals surface area contributed by atoms with E-state index in [9.17, 15) is 9.59 Å². The number of aromatic nitrogens is 2. The third kappa shape index (κ3) is 2.41. The van der Waals surface area contributed by atoms with E-state index in [2.05, 4.69) is 15.5 Å². The van der Waals surface area contributed by atoms with Crippen molar-refractivity contribution in [2.24, 2.45) is 0 Å². The van der Waals surface area contributed by atoms with Gasteiger partial charge in [-0.3, -0.25) is 9.59 Å². The molecule has 1 aliphatic heterocycles. The van der Waals surface area contributed by atoms with Crippen LogP contribution in [0.25, 0.3) is 0 Å². The quantitative estimate of drug-likeness (QED) is 0.763. The minimum Gasteiger partial charge on any atom is -0.341 e. The van der Waals surface area contributed by atoms with Gasteiger partial charge < -0.3 is 10.2 Å². The summed E-state index contributed by atoms with van der Waals surface area (Å²) in [5.41, 5.74) is -0.177. The minimum atomic E-state index is -0.850. The predicted molar refractivity (Wildman–Crippen MR) is 59.7 cm³/mol. The summed E-state index contributed by atoms with van der Waals surface area (Å²) in [6.07, 6.45) is 1.57. The zero-order valence-corrected chi connectivity index (χ0v) is 9.80. The third-order valence-electron chi connectivity index (χ3n) is 2.59. The van der Waals surface area contributed by atoms with Gasteiger partial charge in [-0.05, 0) is 26.0 Å². The molecule has 1 aromatic heterocycles. The zero-order valence-electron chi connectivity index (χ0n) is 9.80. The highest BCUT2D eigenvalue weighted by Crippen LogP contribution is 2.14. The van der Waals surface area contributed by atoms with Gasteiger partial charge in [0.05, 0.1) is 12.2 Å². The summed E-state index contributed by atoms with van der Waals surface area (Å²) in [4.78, 5) is 25.0. The van der Waals surface area contributed by atoms with E-state index in [1.807, 2.05) is 0 Å². The molecule has 0 radical (unpaired) electrons. The number of carbonyl (C=O) groups is 2. The van der Waals surface area contributed by atoms with Crippen molar-refractivity contribution < 1.29 is 9.59 Å². The number of hydrogen-bond donors (Lipinski definition) is 1. The first-order valence-corrected chi connectivity index (χ1v) is 5.36. The predicted octanol–water partition coefficient (Wildman–Crippen LogP) is -0.286. The van der Waals surface area contributed by atoms with Crippen LogP contribution in [0.15, 0.2) is 18.3 Å². The van der Waals surface area contributed by atoms with Crippen LogP contribution < -0.4 is 5.32 Å². The van der Waals surface area contributed by atoms with Gasteiger partial charge in [0.1, 0.15) is 12.1 Å². The molecule has 2 heterocycles. The molecule has 1 N–H and O–H groups in total. The summed E-state index contributed by atoms with van der Waals surface area (Å²) >= 11 is 0. The van der Waals surface area contributed by atoms with E-state index in [0.717, 1.165) is 0 Å². The van der Waals surface area contributed by atoms with Gasteiger partial charge in [0.25, 0.3) is 0 Å². The molecule has 0 spiro atoms.